The van der Waals surface area contributed by atoms with Crippen molar-refractivity contribution in [2.45, 2.75) is 258 Å². The molecule has 0 aliphatic carbocycles. The van der Waals surface area contributed by atoms with Gasteiger partial charge in [-0.15, -0.1) is 0 Å². The first-order valence-electron chi connectivity index (χ1n) is 29.0. The highest BCUT2D eigenvalue weighted by atomic mass is 16.6. The molecule has 0 radical (unpaired) electrons. The maximum atomic E-state index is 12.9. The fraction of sp³-hybridized carbons (Fsp3) is 0.646. The van der Waals surface area contributed by atoms with Gasteiger partial charge in [0.15, 0.2) is 6.10 Å². The third-order valence-corrected chi connectivity index (χ3v) is 11.9. The summed E-state index contributed by atoms with van der Waals surface area (Å²) in [5.74, 6) is -0.979. The van der Waals surface area contributed by atoms with Crippen LogP contribution in [0.5, 0.6) is 0 Å². The highest BCUT2D eigenvalue weighted by Gasteiger charge is 2.19. The molecule has 0 amide bonds. The maximum Gasteiger partial charge on any atom is 0.306 e. The first-order valence-corrected chi connectivity index (χ1v) is 29.0. The molecule has 0 aromatic carbocycles. The Balaban J connectivity index is 4.48. The molecule has 0 bridgehead atoms. The number of hydrogen-bond acceptors (Lipinski definition) is 6. The minimum Gasteiger partial charge on any atom is -0.462 e. The standard InChI is InChI=1S/C65H106O6/c1-4-7-10-13-16-19-22-25-28-30-31-32-33-35-37-40-43-46-49-52-55-58-64(67)70-61-62(60-69-63(66)57-54-51-48-45-42-39-36-27-24-21-18-15-12-9-6-3)71-65(68)59-56-53-50-47-44-41-38-34-29-26-23-20-17-14-11-8-5-2/h8-9,11-12,17-18,20-22,25-27,29-31,36,38,41-42,45,62H,4-7,10,13-16,19,23-24,28,32-35,37,39-40,43-44,46-61H2,1-3H3/b11-8-,12-9-,20-17-,21-18-,25-22-,29-26-,31-30-,36-27-,41-38-,45-42-. The molecule has 0 rings (SSSR count). The van der Waals surface area contributed by atoms with Gasteiger partial charge in [-0.25, -0.2) is 0 Å². The third-order valence-electron chi connectivity index (χ3n) is 11.9. The summed E-state index contributed by atoms with van der Waals surface area (Å²) in [4.78, 5) is 38.2. The van der Waals surface area contributed by atoms with Crippen LogP contribution in [-0.4, -0.2) is 37.2 Å². The van der Waals surface area contributed by atoms with Gasteiger partial charge < -0.3 is 14.2 Å². The van der Waals surface area contributed by atoms with E-state index in [1.54, 1.807) is 0 Å². The molecule has 0 aromatic rings. The number of unbranched alkanes of at least 4 members (excludes halogenated alkanes) is 20. The summed E-state index contributed by atoms with van der Waals surface area (Å²) >= 11 is 0. The van der Waals surface area contributed by atoms with Gasteiger partial charge in [-0.1, -0.05) is 226 Å². The molecule has 0 heterocycles. The zero-order valence-electron chi connectivity index (χ0n) is 45.9. The van der Waals surface area contributed by atoms with Crippen LogP contribution in [0.15, 0.2) is 122 Å². The van der Waals surface area contributed by atoms with Gasteiger partial charge in [0.05, 0.1) is 0 Å². The molecular formula is C65H106O6. The predicted octanol–water partition coefficient (Wildman–Crippen LogP) is 19.6. The maximum absolute atomic E-state index is 12.9. The fourth-order valence-electron chi connectivity index (χ4n) is 7.63. The summed E-state index contributed by atoms with van der Waals surface area (Å²) in [7, 11) is 0. The molecule has 0 aromatic heterocycles. The molecule has 6 heteroatoms. The molecule has 402 valence electrons. The second kappa shape index (κ2) is 58.4. The van der Waals surface area contributed by atoms with Gasteiger partial charge in [0, 0.05) is 19.3 Å². The third kappa shape index (κ3) is 56.6. The number of rotatable bonds is 51. The number of allylic oxidation sites excluding steroid dienone is 20. The van der Waals surface area contributed by atoms with Crippen LogP contribution < -0.4 is 0 Å². The molecule has 0 saturated carbocycles. The molecule has 0 spiro atoms. The Hall–Kier alpha value is -4.19. The van der Waals surface area contributed by atoms with Crippen LogP contribution in [-0.2, 0) is 28.6 Å². The summed E-state index contributed by atoms with van der Waals surface area (Å²) in [5, 5.41) is 0. The molecule has 0 aliphatic rings. The SMILES string of the molecule is CC/C=C\C/C=C\C/C=C\C/C=C\CCCCCCC(=O)OC(COC(=O)CCCC/C=C\C/C=C\C/C=C\C/C=C\CC)COC(=O)CCCCCCCCCCC/C=C\C/C=C\CCCCCCC. The second-order valence-corrected chi connectivity index (χ2v) is 18.8. The molecule has 1 unspecified atom stereocenters. The summed E-state index contributed by atoms with van der Waals surface area (Å²) in [6, 6.07) is 0. The lowest BCUT2D eigenvalue weighted by molar-refractivity contribution is -0.167. The predicted molar refractivity (Wildman–Crippen MR) is 306 cm³/mol. The van der Waals surface area contributed by atoms with Crippen molar-refractivity contribution in [2.24, 2.45) is 0 Å². The lowest BCUT2D eigenvalue weighted by atomic mass is 10.1. The minimum absolute atomic E-state index is 0.107. The van der Waals surface area contributed by atoms with E-state index in [2.05, 4.69) is 142 Å². The highest BCUT2D eigenvalue weighted by Crippen LogP contribution is 2.14. The Morgan fingerprint density at radius 3 is 0.887 bits per heavy atom. The van der Waals surface area contributed by atoms with E-state index in [0.29, 0.717) is 19.3 Å². The topological polar surface area (TPSA) is 78.9 Å². The van der Waals surface area contributed by atoms with Crippen LogP contribution in [0.1, 0.15) is 252 Å². The van der Waals surface area contributed by atoms with E-state index in [1.807, 2.05) is 0 Å². The van der Waals surface area contributed by atoms with Crippen molar-refractivity contribution in [2.75, 3.05) is 13.2 Å². The Bertz CT molecular complexity index is 1500. The van der Waals surface area contributed by atoms with Crippen molar-refractivity contribution in [3.8, 4) is 0 Å². The van der Waals surface area contributed by atoms with Gasteiger partial charge >= 0.3 is 17.9 Å². The van der Waals surface area contributed by atoms with Crippen molar-refractivity contribution in [3.05, 3.63) is 122 Å². The zero-order chi connectivity index (χ0) is 51.4. The average Bonchev–Trinajstić information content (AvgIpc) is 3.37. The average molecular weight is 984 g/mol. The molecular weight excluding hydrogens is 877 g/mol. The number of ether oxygens (including phenoxy) is 3. The number of carbonyl (C=O) groups excluding carboxylic acids is 3. The van der Waals surface area contributed by atoms with Crippen molar-refractivity contribution in [1.29, 1.82) is 0 Å². The molecule has 1 atom stereocenters. The summed E-state index contributed by atoms with van der Waals surface area (Å²) in [6.07, 6.45) is 80.5. The lowest BCUT2D eigenvalue weighted by Gasteiger charge is -2.18. The molecule has 0 aliphatic heterocycles. The van der Waals surface area contributed by atoms with Crippen molar-refractivity contribution in [3.63, 3.8) is 0 Å². The van der Waals surface area contributed by atoms with Gasteiger partial charge in [0.25, 0.3) is 0 Å². The summed E-state index contributed by atoms with van der Waals surface area (Å²) in [5.41, 5.74) is 0. The quantitative estimate of drug-likeness (QED) is 0.0261. The summed E-state index contributed by atoms with van der Waals surface area (Å²) in [6.45, 7) is 6.34. The molecule has 0 fully saturated rings. The van der Waals surface area contributed by atoms with Crippen molar-refractivity contribution in [1.82, 2.24) is 0 Å². The molecule has 0 N–H and O–H groups in total. The van der Waals surface area contributed by atoms with Gasteiger partial charge in [-0.05, 0) is 128 Å². The highest BCUT2D eigenvalue weighted by molar-refractivity contribution is 5.71. The Morgan fingerprint density at radius 2 is 0.549 bits per heavy atom. The van der Waals surface area contributed by atoms with E-state index in [4.69, 9.17) is 14.2 Å². The van der Waals surface area contributed by atoms with E-state index in [0.717, 1.165) is 122 Å². The zero-order valence-corrected chi connectivity index (χ0v) is 45.9. The number of carbonyl (C=O) groups is 3. The Kier molecular flexibility index (Phi) is 54.9. The minimum atomic E-state index is -0.814. The first kappa shape index (κ1) is 66.8. The van der Waals surface area contributed by atoms with Gasteiger partial charge in [-0.2, -0.15) is 0 Å². The van der Waals surface area contributed by atoms with Gasteiger partial charge in [-0.3, -0.25) is 14.4 Å². The molecule has 6 nitrogen and oxygen atoms in total. The van der Waals surface area contributed by atoms with Crippen LogP contribution in [0.4, 0.5) is 0 Å². The van der Waals surface area contributed by atoms with Crippen LogP contribution >= 0.6 is 0 Å². The number of hydrogen-bond donors (Lipinski definition) is 0. The normalized spacial score (nSPS) is 13.0. The Morgan fingerprint density at radius 1 is 0.296 bits per heavy atom. The van der Waals surface area contributed by atoms with Crippen LogP contribution in [0, 0.1) is 0 Å². The van der Waals surface area contributed by atoms with E-state index in [-0.39, 0.29) is 37.5 Å². The molecule has 71 heavy (non-hydrogen) atoms. The fourth-order valence-corrected chi connectivity index (χ4v) is 7.63. The monoisotopic (exact) mass is 983 g/mol. The van der Waals surface area contributed by atoms with Gasteiger partial charge in [0.1, 0.15) is 13.2 Å². The smallest absolute Gasteiger partial charge is 0.306 e. The first-order chi connectivity index (χ1) is 35.0. The van der Waals surface area contributed by atoms with Gasteiger partial charge in [0.2, 0.25) is 0 Å². The van der Waals surface area contributed by atoms with E-state index in [9.17, 15) is 14.4 Å². The molecule has 0 saturated heterocycles. The van der Waals surface area contributed by atoms with Crippen LogP contribution in [0.3, 0.4) is 0 Å². The van der Waals surface area contributed by atoms with E-state index >= 15 is 0 Å². The second-order valence-electron chi connectivity index (χ2n) is 18.8. The largest absolute Gasteiger partial charge is 0.462 e. The number of esters is 3. The van der Waals surface area contributed by atoms with Crippen LogP contribution in [0.25, 0.3) is 0 Å². The summed E-state index contributed by atoms with van der Waals surface area (Å²) < 4.78 is 16.8. The van der Waals surface area contributed by atoms with Crippen LogP contribution in [0.2, 0.25) is 0 Å². The van der Waals surface area contributed by atoms with E-state index < -0.39 is 6.10 Å². The Labute approximate surface area is 437 Å². The van der Waals surface area contributed by atoms with Crippen molar-refractivity contribution >= 4 is 17.9 Å². The van der Waals surface area contributed by atoms with E-state index in [1.165, 1.54) is 83.5 Å². The van der Waals surface area contributed by atoms with Crippen molar-refractivity contribution < 1.29 is 28.6 Å². The lowest BCUT2D eigenvalue weighted by Crippen LogP contribution is -2.30.